The maximum absolute atomic E-state index is 12.4. The third-order valence-electron chi connectivity index (χ3n) is 3.51. The standard InChI is InChI=1S/C14H17F3O3/c15-14(16,17)12-1-3-13(4-2-12)20-9-11(7-18)10-5-6-19-8-10/h1-4,10-11,18H,5-9H2. The van der Waals surface area contributed by atoms with Crippen molar-refractivity contribution < 1.29 is 27.8 Å². The summed E-state index contributed by atoms with van der Waals surface area (Å²) < 4.78 is 47.9. The second-order valence-corrected chi connectivity index (χ2v) is 4.90. The van der Waals surface area contributed by atoms with Gasteiger partial charge in [-0.2, -0.15) is 13.2 Å². The zero-order valence-electron chi connectivity index (χ0n) is 10.9. The highest BCUT2D eigenvalue weighted by molar-refractivity contribution is 5.28. The molecule has 0 aromatic heterocycles. The Kier molecular flexibility index (Phi) is 4.88. The van der Waals surface area contributed by atoms with Crippen LogP contribution in [0.25, 0.3) is 0 Å². The van der Waals surface area contributed by atoms with Gasteiger partial charge in [-0.15, -0.1) is 0 Å². The first kappa shape index (κ1) is 15.1. The van der Waals surface area contributed by atoms with E-state index >= 15 is 0 Å². The number of benzene rings is 1. The van der Waals surface area contributed by atoms with Gasteiger partial charge in [-0.05, 0) is 36.6 Å². The molecular weight excluding hydrogens is 273 g/mol. The van der Waals surface area contributed by atoms with E-state index in [9.17, 15) is 18.3 Å². The van der Waals surface area contributed by atoms with Gasteiger partial charge in [0.05, 0.1) is 12.2 Å². The molecule has 0 radical (unpaired) electrons. The third-order valence-corrected chi connectivity index (χ3v) is 3.51. The molecular formula is C14H17F3O3. The normalized spacial score (nSPS) is 20.9. The molecule has 1 fully saturated rings. The number of aliphatic hydroxyl groups excluding tert-OH is 1. The van der Waals surface area contributed by atoms with Crippen LogP contribution < -0.4 is 4.74 Å². The number of hydrogen-bond donors (Lipinski definition) is 1. The molecule has 1 aliphatic rings. The van der Waals surface area contributed by atoms with Gasteiger partial charge in [0.25, 0.3) is 0 Å². The summed E-state index contributed by atoms with van der Waals surface area (Å²) in [5, 5.41) is 9.33. The third kappa shape index (κ3) is 3.86. The molecule has 1 aliphatic heterocycles. The van der Waals surface area contributed by atoms with E-state index in [1.165, 1.54) is 12.1 Å². The molecule has 3 nitrogen and oxygen atoms in total. The second-order valence-electron chi connectivity index (χ2n) is 4.90. The molecule has 2 rings (SSSR count). The summed E-state index contributed by atoms with van der Waals surface area (Å²) in [4.78, 5) is 0. The highest BCUT2D eigenvalue weighted by Crippen LogP contribution is 2.30. The lowest BCUT2D eigenvalue weighted by Crippen LogP contribution is -2.25. The van der Waals surface area contributed by atoms with Crippen molar-refractivity contribution in [1.29, 1.82) is 0 Å². The lowest BCUT2D eigenvalue weighted by molar-refractivity contribution is -0.137. The molecule has 6 heteroatoms. The maximum Gasteiger partial charge on any atom is 0.416 e. The second kappa shape index (κ2) is 6.45. The molecule has 0 saturated carbocycles. The summed E-state index contributed by atoms with van der Waals surface area (Å²) in [6.45, 7) is 1.54. The molecule has 0 aliphatic carbocycles. The molecule has 1 heterocycles. The van der Waals surface area contributed by atoms with Crippen LogP contribution in [0.4, 0.5) is 13.2 Å². The van der Waals surface area contributed by atoms with Gasteiger partial charge in [0.15, 0.2) is 0 Å². The number of hydrogen-bond acceptors (Lipinski definition) is 3. The molecule has 2 unspecified atom stereocenters. The minimum Gasteiger partial charge on any atom is -0.493 e. The van der Waals surface area contributed by atoms with Crippen molar-refractivity contribution in [2.24, 2.45) is 11.8 Å². The first-order chi connectivity index (χ1) is 9.50. The van der Waals surface area contributed by atoms with Crippen LogP contribution in [0.3, 0.4) is 0 Å². The summed E-state index contributed by atoms with van der Waals surface area (Å²) in [7, 11) is 0. The molecule has 1 N–H and O–H groups in total. The number of aliphatic hydroxyl groups is 1. The SMILES string of the molecule is OCC(COc1ccc(C(F)(F)F)cc1)C1CCOC1. The van der Waals surface area contributed by atoms with Crippen LogP contribution in [-0.2, 0) is 10.9 Å². The Bertz CT molecular complexity index is 411. The number of alkyl halides is 3. The molecule has 1 saturated heterocycles. The van der Waals surface area contributed by atoms with Crippen molar-refractivity contribution in [3.63, 3.8) is 0 Å². The van der Waals surface area contributed by atoms with E-state index in [-0.39, 0.29) is 25.0 Å². The smallest absolute Gasteiger partial charge is 0.416 e. The molecule has 0 amide bonds. The van der Waals surface area contributed by atoms with Crippen LogP contribution in [0.1, 0.15) is 12.0 Å². The van der Waals surface area contributed by atoms with Crippen LogP contribution >= 0.6 is 0 Å². The van der Waals surface area contributed by atoms with Crippen molar-refractivity contribution in [3.05, 3.63) is 29.8 Å². The average Bonchev–Trinajstić information content (AvgIpc) is 2.93. The predicted molar refractivity (Wildman–Crippen MR) is 66.4 cm³/mol. The minimum atomic E-state index is -4.34. The molecule has 1 aromatic carbocycles. The lowest BCUT2D eigenvalue weighted by atomic mass is 9.93. The van der Waals surface area contributed by atoms with Crippen LogP contribution in [0.15, 0.2) is 24.3 Å². The zero-order valence-corrected chi connectivity index (χ0v) is 10.9. The summed E-state index contributed by atoms with van der Waals surface area (Å²) in [5.41, 5.74) is -0.701. The monoisotopic (exact) mass is 290 g/mol. The van der Waals surface area contributed by atoms with Gasteiger partial charge in [-0.25, -0.2) is 0 Å². The first-order valence-corrected chi connectivity index (χ1v) is 6.49. The predicted octanol–water partition coefficient (Wildman–Crippen LogP) is 2.73. The summed E-state index contributed by atoms with van der Waals surface area (Å²) in [6.07, 6.45) is -3.46. The minimum absolute atomic E-state index is 0.0192. The van der Waals surface area contributed by atoms with Gasteiger partial charge in [0.2, 0.25) is 0 Å². The largest absolute Gasteiger partial charge is 0.493 e. The fourth-order valence-corrected chi connectivity index (χ4v) is 2.21. The maximum atomic E-state index is 12.4. The van der Waals surface area contributed by atoms with Gasteiger partial charge < -0.3 is 14.6 Å². The Morgan fingerprint density at radius 2 is 2.00 bits per heavy atom. The van der Waals surface area contributed by atoms with E-state index < -0.39 is 11.7 Å². The van der Waals surface area contributed by atoms with Crippen molar-refractivity contribution in [2.75, 3.05) is 26.4 Å². The highest BCUT2D eigenvalue weighted by Gasteiger charge is 2.30. The lowest BCUT2D eigenvalue weighted by Gasteiger charge is -2.20. The van der Waals surface area contributed by atoms with Crippen LogP contribution in [0.5, 0.6) is 5.75 Å². The first-order valence-electron chi connectivity index (χ1n) is 6.49. The van der Waals surface area contributed by atoms with Crippen LogP contribution in [0, 0.1) is 11.8 Å². The van der Waals surface area contributed by atoms with Crippen LogP contribution in [-0.4, -0.2) is 31.5 Å². The molecule has 0 bridgehead atoms. The Morgan fingerprint density at radius 3 is 2.50 bits per heavy atom. The molecule has 2 atom stereocenters. The topological polar surface area (TPSA) is 38.7 Å². The highest BCUT2D eigenvalue weighted by atomic mass is 19.4. The summed E-state index contributed by atoms with van der Waals surface area (Å²) in [5.74, 6) is 0.560. The molecule has 1 aromatic rings. The Hall–Kier alpha value is -1.27. The van der Waals surface area contributed by atoms with Crippen molar-refractivity contribution in [3.8, 4) is 5.75 Å². The van der Waals surface area contributed by atoms with Gasteiger partial charge in [-0.1, -0.05) is 0 Å². The van der Waals surface area contributed by atoms with Crippen molar-refractivity contribution in [1.82, 2.24) is 0 Å². The number of ether oxygens (including phenoxy) is 2. The van der Waals surface area contributed by atoms with E-state index in [0.717, 1.165) is 18.6 Å². The molecule has 20 heavy (non-hydrogen) atoms. The Balaban J connectivity index is 1.89. The Morgan fingerprint density at radius 1 is 1.30 bits per heavy atom. The van der Waals surface area contributed by atoms with E-state index in [2.05, 4.69) is 0 Å². The fraction of sp³-hybridized carbons (Fsp3) is 0.571. The van der Waals surface area contributed by atoms with Gasteiger partial charge in [0.1, 0.15) is 5.75 Å². The molecule has 112 valence electrons. The van der Waals surface area contributed by atoms with E-state index in [0.29, 0.717) is 19.0 Å². The van der Waals surface area contributed by atoms with E-state index in [4.69, 9.17) is 9.47 Å². The van der Waals surface area contributed by atoms with Gasteiger partial charge in [0, 0.05) is 25.7 Å². The quantitative estimate of drug-likeness (QED) is 0.906. The van der Waals surface area contributed by atoms with Gasteiger partial charge >= 0.3 is 6.18 Å². The van der Waals surface area contributed by atoms with Crippen molar-refractivity contribution in [2.45, 2.75) is 12.6 Å². The fourth-order valence-electron chi connectivity index (χ4n) is 2.21. The summed E-state index contributed by atoms with van der Waals surface area (Å²) >= 11 is 0. The summed E-state index contributed by atoms with van der Waals surface area (Å²) in [6, 6.07) is 4.56. The molecule has 0 spiro atoms. The van der Waals surface area contributed by atoms with E-state index in [1.54, 1.807) is 0 Å². The average molecular weight is 290 g/mol. The zero-order chi connectivity index (χ0) is 14.6. The van der Waals surface area contributed by atoms with Gasteiger partial charge in [-0.3, -0.25) is 0 Å². The van der Waals surface area contributed by atoms with Crippen molar-refractivity contribution >= 4 is 0 Å². The Labute approximate surface area is 115 Å². The number of rotatable bonds is 5. The van der Waals surface area contributed by atoms with Crippen LogP contribution in [0.2, 0.25) is 0 Å². The number of halogens is 3. The van der Waals surface area contributed by atoms with E-state index in [1.807, 2.05) is 0 Å².